The van der Waals surface area contributed by atoms with Crippen molar-refractivity contribution in [3.8, 4) is 0 Å². The van der Waals surface area contributed by atoms with Gasteiger partial charge in [0.25, 0.3) is 0 Å². The van der Waals surface area contributed by atoms with Gasteiger partial charge < -0.3 is 5.32 Å². The van der Waals surface area contributed by atoms with Gasteiger partial charge in [-0.15, -0.1) is 0 Å². The van der Waals surface area contributed by atoms with Gasteiger partial charge in [-0.2, -0.15) is 13.2 Å². The number of nitrogens with one attached hydrogen (secondary N) is 1. The van der Waals surface area contributed by atoms with Crippen molar-refractivity contribution in [3.05, 3.63) is 0 Å². The molecule has 0 spiro atoms. The molecular formula is C10H21F3N2. The Labute approximate surface area is 89.8 Å². The van der Waals surface area contributed by atoms with Crippen molar-refractivity contribution in [2.24, 2.45) is 0 Å². The molecule has 0 saturated heterocycles. The van der Waals surface area contributed by atoms with Crippen LogP contribution in [0.5, 0.6) is 0 Å². The molecule has 0 aromatic heterocycles. The molecule has 0 aromatic rings. The Morgan fingerprint density at radius 1 is 1.33 bits per heavy atom. The molecule has 0 amide bonds. The molecule has 1 N–H and O–H groups in total. The molecule has 0 fully saturated rings. The summed E-state index contributed by atoms with van der Waals surface area (Å²) in [5.41, 5.74) is 0. The number of hydrogen-bond acceptors (Lipinski definition) is 2. The maximum atomic E-state index is 12.0. The zero-order valence-electron chi connectivity index (χ0n) is 9.69. The van der Waals surface area contributed by atoms with Crippen LogP contribution in [0.4, 0.5) is 13.2 Å². The van der Waals surface area contributed by atoms with Crippen molar-refractivity contribution in [2.75, 3.05) is 27.2 Å². The molecule has 15 heavy (non-hydrogen) atoms. The first-order valence-corrected chi connectivity index (χ1v) is 5.31. The Hall–Kier alpha value is -0.290. The molecule has 0 bridgehead atoms. The number of nitrogens with zero attached hydrogens (tertiary/aromatic N) is 1. The van der Waals surface area contributed by atoms with Gasteiger partial charge in [-0.1, -0.05) is 6.92 Å². The second kappa shape index (κ2) is 7.06. The van der Waals surface area contributed by atoms with Gasteiger partial charge in [0.2, 0.25) is 0 Å². The van der Waals surface area contributed by atoms with E-state index >= 15 is 0 Å². The summed E-state index contributed by atoms with van der Waals surface area (Å²) in [6, 6.07) is 0.421. The molecule has 1 atom stereocenters. The van der Waals surface area contributed by atoms with Crippen molar-refractivity contribution < 1.29 is 13.2 Å². The van der Waals surface area contributed by atoms with Crippen LogP contribution in [0.2, 0.25) is 0 Å². The van der Waals surface area contributed by atoms with Crippen LogP contribution >= 0.6 is 0 Å². The third-order valence-electron chi connectivity index (χ3n) is 2.44. The molecule has 0 saturated carbocycles. The molecule has 2 nitrogen and oxygen atoms in total. The summed E-state index contributed by atoms with van der Waals surface area (Å²) in [4.78, 5) is 1.32. The molecule has 0 heterocycles. The minimum absolute atomic E-state index is 0.421. The number of rotatable bonds is 7. The summed E-state index contributed by atoms with van der Waals surface area (Å²) in [6.07, 6.45) is -1.34. The highest BCUT2D eigenvalue weighted by atomic mass is 19.4. The van der Waals surface area contributed by atoms with Crippen molar-refractivity contribution >= 4 is 0 Å². The van der Waals surface area contributed by atoms with Crippen molar-refractivity contribution in [1.82, 2.24) is 10.2 Å². The highest BCUT2D eigenvalue weighted by Gasteiger charge is 2.28. The molecule has 0 aliphatic carbocycles. The van der Waals surface area contributed by atoms with E-state index in [-0.39, 0.29) is 0 Å². The van der Waals surface area contributed by atoms with Gasteiger partial charge in [0, 0.05) is 6.04 Å². The van der Waals surface area contributed by atoms with E-state index < -0.39 is 12.7 Å². The highest BCUT2D eigenvalue weighted by Crippen LogP contribution is 2.15. The molecule has 92 valence electrons. The smallest absolute Gasteiger partial charge is 0.317 e. The topological polar surface area (TPSA) is 15.3 Å². The average molecular weight is 226 g/mol. The van der Waals surface area contributed by atoms with Gasteiger partial charge in [0.05, 0.1) is 6.54 Å². The summed E-state index contributed by atoms with van der Waals surface area (Å²) < 4.78 is 35.9. The third kappa shape index (κ3) is 8.69. The van der Waals surface area contributed by atoms with E-state index in [2.05, 4.69) is 12.2 Å². The van der Waals surface area contributed by atoms with Crippen LogP contribution in [0.15, 0.2) is 0 Å². The third-order valence-corrected chi connectivity index (χ3v) is 2.44. The van der Waals surface area contributed by atoms with Crippen LogP contribution in [0.3, 0.4) is 0 Å². The van der Waals surface area contributed by atoms with Crippen molar-refractivity contribution in [3.63, 3.8) is 0 Å². The predicted molar refractivity (Wildman–Crippen MR) is 55.9 cm³/mol. The second-order valence-corrected chi connectivity index (χ2v) is 3.89. The van der Waals surface area contributed by atoms with Gasteiger partial charge in [0.1, 0.15) is 0 Å². The molecule has 1 unspecified atom stereocenters. The molecule has 0 rings (SSSR count). The number of hydrogen-bond donors (Lipinski definition) is 1. The van der Waals surface area contributed by atoms with E-state index in [4.69, 9.17) is 0 Å². The summed E-state index contributed by atoms with van der Waals surface area (Å²) in [5.74, 6) is 0. The van der Waals surface area contributed by atoms with Crippen LogP contribution in [-0.2, 0) is 0 Å². The summed E-state index contributed by atoms with van der Waals surface area (Å²) in [5, 5.41) is 3.13. The van der Waals surface area contributed by atoms with Crippen LogP contribution in [-0.4, -0.2) is 44.3 Å². The lowest BCUT2D eigenvalue weighted by Crippen LogP contribution is -2.32. The minimum atomic E-state index is -4.08. The number of halogens is 3. The van der Waals surface area contributed by atoms with E-state index in [0.717, 1.165) is 19.3 Å². The first-order chi connectivity index (χ1) is 6.89. The van der Waals surface area contributed by atoms with Gasteiger partial charge in [-0.25, -0.2) is 0 Å². The molecule has 5 heteroatoms. The van der Waals surface area contributed by atoms with Gasteiger partial charge in [-0.05, 0) is 39.9 Å². The van der Waals surface area contributed by atoms with Gasteiger partial charge >= 0.3 is 6.18 Å². The van der Waals surface area contributed by atoms with E-state index in [9.17, 15) is 13.2 Å². The van der Waals surface area contributed by atoms with Gasteiger partial charge in [-0.3, -0.25) is 4.90 Å². The molecule has 0 aliphatic rings. The summed E-state index contributed by atoms with van der Waals surface area (Å²) >= 11 is 0. The van der Waals surface area contributed by atoms with Crippen LogP contribution < -0.4 is 5.32 Å². The Bertz CT molecular complexity index is 155. The first kappa shape index (κ1) is 14.7. The lowest BCUT2D eigenvalue weighted by Gasteiger charge is -2.20. The molecule has 0 aromatic carbocycles. The quantitative estimate of drug-likeness (QED) is 0.716. The van der Waals surface area contributed by atoms with Crippen LogP contribution in [0.1, 0.15) is 26.2 Å². The molecular weight excluding hydrogens is 205 g/mol. The maximum absolute atomic E-state index is 12.0. The van der Waals surface area contributed by atoms with Gasteiger partial charge in [0.15, 0.2) is 0 Å². The predicted octanol–water partition coefficient (Wildman–Crippen LogP) is 2.26. The zero-order chi connectivity index (χ0) is 11.9. The lowest BCUT2D eigenvalue weighted by atomic mass is 10.1. The zero-order valence-corrected chi connectivity index (χ0v) is 9.69. The second-order valence-electron chi connectivity index (χ2n) is 3.89. The SMILES string of the molecule is CCC(CCCN(C)CC(F)(F)F)NC. The van der Waals surface area contributed by atoms with E-state index in [1.165, 1.54) is 11.9 Å². The Balaban J connectivity index is 3.58. The Morgan fingerprint density at radius 2 is 1.93 bits per heavy atom. The normalized spacial score (nSPS) is 14.6. The highest BCUT2D eigenvalue weighted by molar-refractivity contribution is 4.64. The summed E-state index contributed by atoms with van der Waals surface area (Å²) in [7, 11) is 3.39. The standard InChI is InChI=1S/C10H21F3N2/c1-4-9(14-2)6-5-7-15(3)8-10(11,12)13/h9,14H,4-8H2,1-3H3. The summed E-state index contributed by atoms with van der Waals surface area (Å²) in [6.45, 7) is 1.75. The maximum Gasteiger partial charge on any atom is 0.401 e. The van der Waals surface area contributed by atoms with Crippen molar-refractivity contribution in [2.45, 2.75) is 38.4 Å². The van der Waals surface area contributed by atoms with Crippen LogP contribution in [0.25, 0.3) is 0 Å². The minimum Gasteiger partial charge on any atom is -0.317 e. The monoisotopic (exact) mass is 226 g/mol. The largest absolute Gasteiger partial charge is 0.401 e. The van der Waals surface area contributed by atoms with Crippen molar-refractivity contribution in [1.29, 1.82) is 0 Å². The van der Waals surface area contributed by atoms with E-state index in [1.807, 2.05) is 7.05 Å². The molecule has 0 aliphatic heterocycles. The van der Waals surface area contributed by atoms with E-state index in [1.54, 1.807) is 0 Å². The fourth-order valence-corrected chi connectivity index (χ4v) is 1.55. The Morgan fingerprint density at radius 3 is 2.33 bits per heavy atom. The fourth-order valence-electron chi connectivity index (χ4n) is 1.55. The number of alkyl halides is 3. The Kier molecular flexibility index (Phi) is 6.92. The van der Waals surface area contributed by atoms with Crippen LogP contribution in [0, 0.1) is 0 Å². The molecule has 0 radical (unpaired) electrons. The lowest BCUT2D eigenvalue weighted by molar-refractivity contribution is -0.143. The van der Waals surface area contributed by atoms with E-state index in [0.29, 0.717) is 12.6 Å². The first-order valence-electron chi connectivity index (χ1n) is 5.31. The fraction of sp³-hybridized carbons (Fsp3) is 1.00. The average Bonchev–Trinajstić information content (AvgIpc) is 2.09.